The van der Waals surface area contributed by atoms with Gasteiger partial charge in [-0.25, -0.2) is 14.4 Å². The van der Waals surface area contributed by atoms with Crippen molar-refractivity contribution in [1.29, 1.82) is 5.26 Å². The Bertz CT molecular complexity index is 1380. The molecule has 1 atom stereocenters. The molecule has 1 unspecified atom stereocenters. The number of benzene rings is 2. The summed E-state index contributed by atoms with van der Waals surface area (Å²) in [5, 5.41) is 16.5. The van der Waals surface area contributed by atoms with Crippen molar-refractivity contribution < 1.29 is 9.18 Å². The summed E-state index contributed by atoms with van der Waals surface area (Å²) in [6.45, 7) is 1.72. The van der Waals surface area contributed by atoms with E-state index in [1.165, 1.54) is 12.1 Å². The smallest absolute Gasteiger partial charge is 0.270 e. The van der Waals surface area contributed by atoms with Gasteiger partial charge in [-0.05, 0) is 42.8 Å². The monoisotopic (exact) mass is 460 g/mol. The van der Waals surface area contributed by atoms with E-state index < -0.39 is 17.8 Å². The lowest BCUT2D eigenvalue weighted by Crippen LogP contribution is -2.28. The molecule has 164 valence electrons. The number of carbonyl (C=O) groups excluding carboxylic acids is 1. The van der Waals surface area contributed by atoms with E-state index in [2.05, 4.69) is 20.4 Å². The fourth-order valence-electron chi connectivity index (χ4n) is 3.24. The number of aryl methyl sites for hydroxylation is 1. The van der Waals surface area contributed by atoms with E-state index in [-0.39, 0.29) is 11.3 Å². The maximum absolute atomic E-state index is 14.0. The quantitative estimate of drug-likeness (QED) is 0.465. The number of rotatable bonds is 5. The normalized spacial score (nSPS) is 11.6. The molecular formula is C24H18ClFN6O. The number of nitrogens with one attached hydrogen (secondary N) is 1. The van der Waals surface area contributed by atoms with Crippen LogP contribution in [0.1, 0.15) is 34.6 Å². The van der Waals surface area contributed by atoms with Gasteiger partial charge in [0.25, 0.3) is 5.91 Å². The van der Waals surface area contributed by atoms with E-state index >= 15 is 0 Å². The van der Waals surface area contributed by atoms with Crippen LogP contribution in [-0.4, -0.2) is 25.7 Å². The summed E-state index contributed by atoms with van der Waals surface area (Å²) in [4.78, 5) is 22.1. The predicted molar refractivity (Wildman–Crippen MR) is 122 cm³/mol. The van der Waals surface area contributed by atoms with Gasteiger partial charge in [-0.2, -0.15) is 10.4 Å². The van der Waals surface area contributed by atoms with Gasteiger partial charge in [0.15, 0.2) is 5.82 Å². The average Bonchev–Trinajstić information content (AvgIpc) is 3.25. The molecule has 2 aromatic carbocycles. The molecule has 9 heteroatoms. The first-order valence-corrected chi connectivity index (χ1v) is 10.4. The lowest BCUT2D eigenvalue weighted by molar-refractivity contribution is 0.0934. The molecular weight excluding hydrogens is 443 g/mol. The van der Waals surface area contributed by atoms with Crippen LogP contribution >= 0.6 is 11.6 Å². The Balaban J connectivity index is 1.68. The zero-order chi connectivity index (χ0) is 23.5. The highest BCUT2D eigenvalue weighted by Gasteiger charge is 2.18. The molecule has 0 aliphatic heterocycles. The van der Waals surface area contributed by atoms with Gasteiger partial charge >= 0.3 is 0 Å². The van der Waals surface area contributed by atoms with Gasteiger partial charge in [0.2, 0.25) is 0 Å². The topological polar surface area (TPSA) is 96.5 Å². The molecule has 0 aliphatic rings. The van der Waals surface area contributed by atoms with Crippen molar-refractivity contribution in [2.75, 3.05) is 0 Å². The molecule has 1 N–H and O–H groups in total. The number of hydrogen-bond acceptors (Lipinski definition) is 5. The van der Waals surface area contributed by atoms with Gasteiger partial charge in [-0.15, -0.1) is 0 Å². The number of nitrogens with zero attached hydrogens (tertiary/aromatic N) is 5. The number of carbonyl (C=O) groups is 1. The molecule has 4 aromatic rings. The molecule has 0 radical (unpaired) electrons. The molecule has 0 spiro atoms. The zero-order valence-corrected chi connectivity index (χ0v) is 18.5. The van der Waals surface area contributed by atoms with Gasteiger partial charge in [0.05, 0.1) is 29.1 Å². The molecule has 0 saturated carbocycles. The van der Waals surface area contributed by atoms with Crippen LogP contribution in [0.25, 0.3) is 22.6 Å². The number of amides is 1. The van der Waals surface area contributed by atoms with E-state index in [0.29, 0.717) is 27.7 Å². The van der Waals surface area contributed by atoms with Crippen LogP contribution in [0.3, 0.4) is 0 Å². The highest BCUT2D eigenvalue weighted by atomic mass is 35.5. The Morgan fingerprint density at radius 2 is 1.91 bits per heavy atom. The molecule has 0 aliphatic carbocycles. The van der Waals surface area contributed by atoms with Gasteiger partial charge < -0.3 is 5.32 Å². The maximum Gasteiger partial charge on any atom is 0.270 e. The number of nitriles is 1. The van der Waals surface area contributed by atoms with E-state index in [1.807, 2.05) is 12.1 Å². The van der Waals surface area contributed by atoms with Crippen LogP contribution in [0.5, 0.6) is 0 Å². The number of aromatic nitrogens is 4. The second-order valence-corrected chi connectivity index (χ2v) is 7.85. The molecule has 33 heavy (non-hydrogen) atoms. The molecule has 2 heterocycles. The lowest BCUT2D eigenvalue weighted by atomic mass is 10.1. The molecule has 0 bridgehead atoms. The minimum Gasteiger partial charge on any atom is -0.344 e. The van der Waals surface area contributed by atoms with E-state index in [9.17, 15) is 9.18 Å². The van der Waals surface area contributed by atoms with Gasteiger partial charge in [0, 0.05) is 23.8 Å². The van der Waals surface area contributed by atoms with E-state index in [1.54, 1.807) is 61.4 Å². The van der Waals surface area contributed by atoms with Gasteiger partial charge in [0.1, 0.15) is 17.6 Å². The van der Waals surface area contributed by atoms with Crippen LogP contribution in [-0.2, 0) is 7.05 Å². The summed E-state index contributed by atoms with van der Waals surface area (Å²) in [6.07, 6.45) is 3.37. The van der Waals surface area contributed by atoms with Crippen molar-refractivity contribution in [3.05, 3.63) is 88.6 Å². The van der Waals surface area contributed by atoms with Crippen molar-refractivity contribution in [2.45, 2.75) is 13.0 Å². The van der Waals surface area contributed by atoms with Gasteiger partial charge in [-0.1, -0.05) is 29.8 Å². The summed E-state index contributed by atoms with van der Waals surface area (Å²) in [5.74, 6) is -0.741. The summed E-state index contributed by atoms with van der Waals surface area (Å²) in [6, 6.07) is 14.2. The predicted octanol–water partition coefficient (Wildman–Crippen LogP) is 4.70. The van der Waals surface area contributed by atoms with E-state index in [4.69, 9.17) is 16.9 Å². The highest BCUT2D eigenvalue weighted by molar-refractivity contribution is 6.30. The number of halogens is 2. The largest absolute Gasteiger partial charge is 0.344 e. The van der Waals surface area contributed by atoms with Crippen LogP contribution in [0.15, 0.2) is 60.9 Å². The Morgan fingerprint density at radius 1 is 1.15 bits per heavy atom. The Hall–Kier alpha value is -4.09. The minimum absolute atomic E-state index is 0.0539. The molecule has 2 aromatic heterocycles. The first-order valence-electron chi connectivity index (χ1n) is 9.98. The molecule has 0 fully saturated rings. The van der Waals surface area contributed by atoms with E-state index in [0.717, 1.165) is 5.56 Å². The Labute approximate surface area is 194 Å². The SMILES string of the molecule is CC(NC(=O)c1cc(-c2ccc(Cl)cc2)nc(-c2cnn(C)c2)n1)c1ccc(C#N)c(F)c1. The van der Waals surface area contributed by atoms with Crippen molar-refractivity contribution in [3.8, 4) is 28.7 Å². The fourth-order valence-corrected chi connectivity index (χ4v) is 3.37. The minimum atomic E-state index is -0.637. The van der Waals surface area contributed by atoms with Crippen molar-refractivity contribution in [3.63, 3.8) is 0 Å². The van der Waals surface area contributed by atoms with Crippen LogP contribution in [0.2, 0.25) is 5.02 Å². The third-order valence-corrected chi connectivity index (χ3v) is 5.28. The van der Waals surface area contributed by atoms with Crippen LogP contribution in [0.4, 0.5) is 4.39 Å². The molecule has 0 saturated heterocycles. The third kappa shape index (κ3) is 4.89. The molecule has 1 amide bonds. The first-order chi connectivity index (χ1) is 15.8. The van der Waals surface area contributed by atoms with Crippen molar-refractivity contribution >= 4 is 17.5 Å². The summed E-state index contributed by atoms with van der Waals surface area (Å²) >= 11 is 6.00. The fraction of sp³-hybridized carbons (Fsp3) is 0.125. The van der Waals surface area contributed by atoms with Crippen molar-refractivity contribution in [2.24, 2.45) is 7.05 Å². The third-order valence-electron chi connectivity index (χ3n) is 5.02. The second-order valence-electron chi connectivity index (χ2n) is 7.42. The highest BCUT2D eigenvalue weighted by Crippen LogP contribution is 2.24. The van der Waals surface area contributed by atoms with Gasteiger partial charge in [-0.3, -0.25) is 9.48 Å². The Morgan fingerprint density at radius 3 is 2.55 bits per heavy atom. The maximum atomic E-state index is 14.0. The van der Waals surface area contributed by atoms with Crippen molar-refractivity contribution in [1.82, 2.24) is 25.1 Å². The molecule has 4 rings (SSSR count). The first kappa shape index (κ1) is 22.1. The molecule has 7 nitrogen and oxygen atoms in total. The summed E-state index contributed by atoms with van der Waals surface area (Å²) < 4.78 is 15.6. The summed E-state index contributed by atoms with van der Waals surface area (Å²) in [7, 11) is 1.78. The second kappa shape index (κ2) is 9.18. The lowest BCUT2D eigenvalue weighted by Gasteiger charge is -2.15. The average molecular weight is 461 g/mol. The standard InChI is InChI=1S/C24H18ClFN6O/c1-14(16-3-4-17(11-27)20(26)9-16)29-24(33)22-10-21(15-5-7-19(25)8-6-15)30-23(31-22)18-12-28-32(2)13-18/h3-10,12-14H,1-2H3,(H,29,33). The number of hydrogen-bond donors (Lipinski definition) is 1. The Kier molecular flexibility index (Phi) is 6.16. The zero-order valence-electron chi connectivity index (χ0n) is 17.8. The van der Waals surface area contributed by atoms with Crippen LogP contribution in [0, 0.1) is 17.1 Å². The van der Waals surface area contributed by atoms with Crippen LogP contribution < -0.4 is 5.32 Å². The summed E-state index contributed by atoms with van der Waals surface area (Å²) in [5.41, 5.74) is 2.59.